The molecule has 40 heavy (non-hydrogen) atoms. The Balaban J connectivity index is 2.09. The van der Waals surface area contributed by atoms with E-state index in [9.17, 15) is 18.0 Å². The highest BCUT2D eigenvalue weighted by Gasteiger charge is 2.33. The van der Waals surface area contributed by atoms with E-state index < -0.39 is 28.5 Å². The van der Waals surface area contributed by atoms with E-state index in [1.807, 2.05) is 0 Å². The molecule has 10 nitrogen and oxygen atoms in total. The van der Waals surface area contributed by atoms with Gasteiger partial charge in [-0.3, -0.25) is 13.9 Å². The molecule has 0 aliphatic carbocycles. The number of hydrogen-bond acceptors (Lipinski definition) is 7. The molecule has 0 fully saturated rings. The molecule has 0 saturated heterocycles. The number of hydrogen-bond donors (Lipinski definition) is 1. The summed E-state index contributed by atoms with van der Waals surface area (Å²) in [5.41, 5.74) is 0.951. The van der Waals surface area contributed by atoms with Crippen molar-refractivity contribution in [3.05, 3.63) is 78.4 Å². The molecule has 214 valence electrons. The molecule has 11 heteroatoms. The van der Waals surface area contributed by atoms with E-state index in [4.69, 9.17) is 14.2 Å². The second-order valence-corrected chi connectivity index (χ2v) is 10.6. The third kappa shape index (κ3) is 6.84. The van der Waals surface area contributed by atoms with Gasteiger partial charge in [0.25, 0.3) is 10.0 Å². The van der Waals surface area contributed by atoms with Crippen molar-refractivity contribution in [2.75, 3.05) is 39.2 Å². The zero-order valence-corrected chi connectivity index (χ0v) is 24.1. The monoisotopic (exact) mass is 569 g/mol. The van der Waals surface area contributed by atoms with Crippen LogP contribution in [-0.2, 0) is 26.2 Å². The van der Waals surface area contributed by atoms with Gasteiger partial charge >= 0.3 is 0 Å². The highest BCUT2D eigenvalue weighted by Crippen LogP contribution is 2.34. The average molecular weight is 570 g/mol. The van der Waals surface area contributed by atoms with Crippen LogP contribution in [0.1, 0.15) is 18.9 Å². The van der Waals surface area contributed by atoms with Gasteiger partial charge in [-0.25, -0.2) is 8.42 Å². The Kier molecular flexibility index (Phi) is 10.4. The smallest absolute Gasteiger partial charge is 0.264 e. The summed E-state index contributed by atoms with van der Waals surface area (Å²) in [6, 6.07) is 18.7. The molecule has 0 spiro atoms. The Hall–Kier alpha value is -4.25. The van der Waals surface area contributed by atoms with Crippen LogP contribution in [0.5, 0.6) is 17.2 Å². The van der Waals surface area contributed by atoms with E-state index in [-0.39, 0.29) is 23.0 Å². The van der Waals surface area contributed by atoms with Crippen molar-refractivity contribution < 1.29 is 32.2 Å². The van der Waals surface area contributed by atoms with E-state index in [0.29, 0.717) is 23.7 Å². The topological polar surface area (TPSA) is 114 Å². The molecule has 3 aromatic carbocycles. The number of anilines is 1. The second-order valence-electron chi connectivity index (χ2n) is 8.77. The minimum atomic E-state index is -4.19. The number of rotatable bonds is 13. The number of methoxy groups -OCH3 is 3. The summed E-state index contributed by atoms with van der Waals surface area (Å²) in [6.45, 7) is 1.32. The van der Waals surface area contributed by atoms with Crippen molar-refractivity contribution in [2.45, 2.75) is 30.8 Å². The van der Waals surface area contributed by atoms with Crippen LogP contribution in [0.25, 0.3) is 0 Å². The lowest BCUT2D eigenvalue weighted by atomic mass is 10.1. The van der Waals surface area contributed by atoms with Gasteiger partial charge in [0.1, 0.15) is 18.3 Å². The summed E-state index contributed by atoms with van der Waals surface area (Å²) in [4.78, 5) is 28.2. The molecule has 1 atom stereocenters. The van der Waals surface area contributed by atoms with E-state index in [1.165, 1.54) is 44.4 Å². The van der Waals surface area contributed by atoms with Gasteiger partial charge in [-0.2, -0.15) is 0 Å². The Morgan fingerprint density at radius 1 is 0.875 bits per heavy atom. The predicted molar refractivity (Wildman–Crippen MR) is 152 cm³/mol. The van der Waals surface area contributed by atoms with Gasteiger partial charge in [-0.05, 0) is 48.4 Å². The zero-order valence-electron chi connectivity index (χ0n) is 23.3. The first-order valence-corrected chi connectivity index (χ1v) is 14.1. The van der Waals surface area contributed by atoms with Crippen molar-refractivity contribution >= 4 is 27.5 Å². The standard InChI is InChI=1S/C29H35N3O7S/c1-6-25(29(34)30-2)31(19-21-12-15-23(37-3)16-13-21)28(33)20-32(40(35,36)24-10-8-7-9-11-24)22-14-17-26(38-4)27(18-22)39-5/h7-18,25H,6,19-20H2,1-5H3,(H,30,34)/t25-/m1/s1. The Bertz CT molecular complexity index is 1400. The van der Waals surface area contributed by atoms with Gasteiger partial charge in [-0.15, -0.1) is 0 Å². The molecule has 0 heterocycles. The molecular weight excluding hydrogens is 534 g/mol. The second kappa shape index (κ2) is 13.7. The van der Waals surface area contributed by atoms with Crippen molar-refractivity contribution in [3.8, 4) is 17.2 Å². The Labute approximate surface area is 235 Å². The third-order valence-electron chi connectivity index (χ3n) is 6.41. The molecule has 2 amide bonds. The van der Waals surface area contributed by atoms with Crippen molar-refractivity contribution in [1.82, 2.24) is 10.2 Å². The Morgan fingerprint density at radius 3 is 2.08 bits per heavy atom. The van der Waals surface area contributed by atoms with Crippen LogP contribution in [0, 0.1) is 0 Å². The lowest BCUT2D eigenvalue weighted by Gasteiger charge is -2.33. The van der Waals surface area contributed by atoms with E-state index in [1.54, 1.807) is 68.6 Å². The summed E-state index contributed by atoms with van der Waals surface area (Å²) in [5.74, 6) is 0.441. The maximum atomic E-state index is 14.0. The van der Waals surface area contributed by atoms with Gasteiger partial charge < -0.3 is 24.4 Å². The van der Waals surface area contributed by atoms with Crippen LogP contribution >= 0.6 is 0 Å². The van der Waals surface area contributed by atoms with Gasteiger partial charge in [-0.1, -0.05) is 37.3 Å². The number of likely N-dealkylation sites (N-methyl/N-ethyl adjacent to an activating group) is 1. The van der Waals surface area contributed by atoms with Gasteiger partial charge in [0.05, 0.1) is 31.9 Å². The first-order chi connectivity index (χ1) is 19.2. The van der Waals surface area contributed by atoms with Crippen LogP contribution in [0.15, 0.2) is 77.7 Å². The predicted octanol–water partition coefficient (Wildman–Crippen LogP) is 3.46. The molecule has 0 aliphatic rings. The van der Waals surface area contributed by atoms with Crippen LogP contribution in [0.3, 0.4) is 0 Å². The number of nitrogens with zero attached hydrogens (tertiary/aromatic N) is 2. The summed E-state index contributed by atoms with van der Waals surface area (Å²) < 4.78 is 44.7. The first kappa shape index (κ1) is 30.3. The quantitative estimate of drug-likeness (QED) is 0.335. The van der Waals surface area contributed by atoms with Crippen molar-refractivity contribution in [1.29, 1.82) is 0 Å². The molecular formula is C29H35N3O7S. The maximum Gasteiger partial charge on any atom is 0.264 e. The van der Waals surface area contributed by atoms with Crippen LogP contribution in [0.4, 0.5) is 5.69 Å². The fourth-order valence-corrected chi connectivity index (χ4v) is 5.67. The number of nitrogens with one attached hydrogen (secondary N) is 1. The number of carbonyl (C=O) groups excluding carboxylic acids is 2. The molecule has 0 bridgehead atoms. The maximum absolute atomic E-state index is 14.0. The molecule has 0 saturated carbocycles. The summed E-state index contributed by atoms with van der Waals surface area (Å²) in [6.07, 6.45) is 0.323. The van der Waals surface area contributed by atoms with Crippen molar-refractivity contribution in [3.63, 3.8) is 0 Å². The summed E-state index contributed by atoms with van der Waals surface area (Å²) in [5, 5.41) is 2.61. The molecule has 0 aliphatic heterocycles. The van der Waals surface area contributed by atoms with E-state index in [2.05, 4.69) is 5.32 Å². The fraction of sp³-hybridized carbons (Fsp3) is 0.310. The number of carbonyl (C=O) groups is 2. The average Bonchev–Trinajstić information content (AvgIpc) is 2.99. The van der Waals surface area contributed by atoms with Crippen LogP contribution < -0.4 is 23.8 Å². The van der Waals surface area contributed by atoms with Crippen molar-refractivity contribution in [2.24, 2.45) is 0 Å². The van der Waals surface area contributed by atoms with Gasteiger partial charge in [0.2, 0.25) is 11.8 Å². The van der Waals surface area contributed by atoms with Gasteiger partial charge in [0.15, 0.2) is 11.5 Å². The molecule has 3 aromatic rings. The third-order valence-corrected chi connectivity index (χ3v) is 8.20. The largest absolute Gasteiger partial charge is 0.497 e. The minimum absolute atomic E-state index is 0.0117. The van der Waals surface area contributed by atoms with Crippen LogP contribution in [0.2, 0.25) is 0 Å². The number of amides is 2. The van der Waals surface area contributed by atoms with Crippen LogP contribution in [-0.4, -0.2) is 66.1 Å². The van der Waals surface area contributed by atoms with E-state index in [0.717, 1.165) is 9.87 Å². The number of sulfonamides is 1. The summed E-state index contributed by atoms with van der Waals surface area (Å²) >= 11 is 0. The van der Waals surface area contributed by atoms with Gasteiger partial charge in [0, 0.05) is 19.7 Å². The summed E-state index contributed by atoms with van der Waals surface area (Å²) in [7, 11) is 1.77. The number of benzene rings is 3. The SMILES string of the molecule is CC[C@H](C(=O)NC)N(Cc1ccc(OC)cc1)C(=O)CN(c1ccc(OC)c(OC)c1)S(=O)(=O)c1ccccc1. The Morgan fingerprint density at radius 2 is 1.52 bits per heavy atom. The fourth-order valence-electron chi connectivity index (χ4n) is 4.24. The highest BCUT2D eigenvalue weighted by atomic mass is 32.2. The lowest BCUT2D eigenvalue weighted by molar-refractivity contribution is -0.140. The zero-order chi connectivity index (χ0) is 29.3. The lowest BCUT2D eigenvalue weighted by Crippen LogP contribution is -2.51. The molecule has 0 unspecified atom stereocenters. The molecule has 3 rings (SSSR count). The normalized spacial score (nSPS) is 11.7. The van der Waals surface area contributed by atoms with E-state index >= 15 is 0 Å². The molecule has 0 radical (unpaired) electrons. The minimum Gasteiger partial charge on any atom is -0.497 e. The highest BCUT2D eigenvalue weighted by molar-refractivity contribution is 7.92. The molecule has 1 N–H and O–H groups in total. The first-order valence-electron chi connectivity index (χ1n) is 12.6. The molecule has 0 aromatic heterocycles. The number of ether oxygens (including phenoxy) is 3.